The first kappa shape index (κ1) is 26.3. The minimum Gasteiger partial charge on any atom is -0.391 e. The second-order valence-electron chi connectivity index (χ2n) is 9.67. The Labute approximate surface area is 206 Å². The molecule has 0 spiro atoms. The molecule has 1 amide bonds. The second kappa shape index (κ2) is 11.9. The molecule has 0 saturated heterocycles. The average molecular weight is 484 g/mol. The number of hydrogen-bond donors (Lipinski definition) is 3. The van der Waals surface area contributed by atoms with E-state index >= 15 is 0 Å². The highest BCUT2D eigenvalue weighted by molar-refractivity contribution is 7.19. The number of aliphatic hydroxyl groups is 2. The predicted octanol–water partition coefficient (Wildman–Crippen LogP) is 4.82. The van der Waals surface area contributed by atoms with Crippen LogP contribution in [0.4, 0.5) is 0 Å². The number of nitrogens with one attached hydrogen (secondary N) is 1. The maximum atomic E-state index is 13.0. The third-order valence-corrected chi connectivity index (χ3v) is 7.83. The van der Waals surface area contributed by atoms with Gasteiger partial charge in [-0.25, -0.2) is 0 Å². The van der Waals surface area contributed by atoms with E-state index < -0.39 is 17.6 Å². The van der Waals surface area contributed by atoms with Crippen molar-refractivity contribution in [3.05, 3.63) is 59.5 Å². The third kappa shape index (κ3) is 6.44. The van der Waals surface area contributed by atoms with E-state index in [0.29, 0.717) is 25.8 Å². The summed E-state index contributed by atoms with van der Waals surface area (Å²) in [5, 5.41) is 25.5. The lowest BCUT2D eigenvalue weighted by molar-refractivity contribution is -0.129. The Hall–Kier alpha value is -2.28. The van der Waals surface area contributed by atoms with Crippen molar-refractivity contribution in [2.24, 2.45) is 17.3 Å². The Kier molecular flexibility index (Phi) is 9.23. The van der Waals surface area contributed by atoms with Crippen LogP contribution in [0, 0.1) is 17.3 Å². The smallest absolute Gasteiger partial charge is 0.219 e. The molecule has 5 nitrogen and oxygen atoms in total. The molecule has 1 fully saturated rings. The number of fused-ring (bicyclic) bond motifs is 1. The van der Waals surface area contributed by atoms with Crippen LogP contribution in [0.1, 0.15) is 51.3 Å². The van der Waals surface area contributed by atoms with E-state index in [1.807, 2.05) is 37.3 Å². The van der Waals surface area contributed by atoms with E-state index in [1.165, 1.54) is 10.1 Å². The van der Waals surface area contributed by atoms with Gasteiger partial charge < -0.3 is 15.5 Å². The van der Waals surface area contributed by atoms with Crippen LogP contribution in [0.2, 0.25) is 0 Å². The van der Waals surface area contributed by atoms with Gasteiger partial charge in [-0.3, -0.25) is 9.59 Å². The molecule has 0 bridgehead atoms. The van der Waals surface area contributed by atoms with E-state index in [0.717, 1.165) is 17.7 Å². The zero-order valence-electron chi connectivity index (χ0n) is 20.4. The van der Waals surface area contributed by atoms with Crippen LogP contribution in [0.5, 0.6) is 0 Å². The number of allylic oxidation sites excluding steroid dienone is 2. The Morgan fingerprint density at radius 2 is 2.03 bits per heavy atom. The minimum absolute atomic E-state index is 0.0561. The summed E-state index contributed by atoms with van der Waals surface area (Å²) >= 11 is 1.68. The molecule has 0 radical (unpaired) electrons. The standard InChI is InChI=1S/C28H37NO4S/c1-4-29-25(31)14-8-6-5-7-12-22-23(27(33)28(2,3)26(22)32)16-15-20(30)18-21-17-19-11-9-10-13-24(19)34-21/h5,7,9-11,13,15-17,20,22-23,27,30,33H,4,6,8,12,14,18H2,1-3H3,(H,29,31)/t20?,22-,23-,27+/m1/s1. The third-order valence-electron chi connectivity index (χ3n) is 6.69. The molecular formula is C28H37NO4S. The number of aliphatic hydroxyl groups excluding tert-OH is 2. The fourth-order valence-electron chi connectivity index (χ4n) is 4.70. The van der Waals surface area contributed by atoms with Crippen molar-refractivity contribution in [2.45, 2.75) is 65.1 Å². The highest BCUT2D eigenvalue weighted by Gasteiger charge is 2.52. The zero-order valence-corrected chi connectivity index (χ0v) is 21.2. The second-order valence-corrected chi connectivity index (χ2v) is 10.8. The number of thiophene rings is 1. The summed E-state index contributed by atoms with van der Waals surface area (Å²) in [7, 11) is 0. The topological polar surface area (TPSA) is 86.6 Å². The largest absolute Gasteiger partial charge is 0.391 e. The van der Waals surface area contributed by atoms with Gasteiger partial charge >= 0.3 is 0 Å². The molecule has 0 aliphatic heterocycles. The van der Waals surface area contributed by atoms with Crippen molar-refractivity contribution in [1.29, 1.82) is 0 Å². The SMILES string of the molecule is CCNC(=O)CCCC=CC[C@H]1C(=O)C(C)(C)[C@@H](O)[C@@H]1C=CC(O)Cc1cc2ccccc2s1. The molecule has 1 heterocycles. The highest BCUT2D eigenvalue weighted by Crippen LogP contribution is 2.44. The highest BCUT2D eigenvalue weighted by atomic mass is 32.1. The monoisotopic (exact) mass is 483 g/mol. The first-order valence-electron chi connectivity index (χ1n) is 12.2. The maximum absolute atomic E-state index is 13.0. The number of carbonyl (C=O) groups is 2. The number of rotatable bonds is 11. The Morgan fingerprint density at radius 1 is 1.26 bits per heavy atom. The molecule has 34 heavy (non-hydrogen) atoms. The van der Waals surface area contributed by atoms with Gasteiger partial charge in [-0.05, 0) is 43.7 Å². The average Bonchev–Trinajstić information content (AvgIpc) is 3.27. The first-order chi connectivity index (χ1) is 16.2. The quantitative estimate of drug-likeness (QED) is 0.316. The molecule has 1 aromatic carbocycles. The number of benzene rings is 1. The van der Waals surface area contributed by atoms with Crippen LogP contribution in [0.15, 0.2) is 54.6 Å². The molecule has 1 aliphatic carbocycles. The summed E-state index contributed by atoms with van der Waals surface area (Å²) in [5.41, 5.74) is -0.817. The van der Waals surface area contributed by atoms with Gasteiger partial charge in [0.25, 0.3) is 0 Å². The lowest BCUT2D eigenvalue weighted by Gasteiger charge is -2.22. The van der Waals surface area contributed by atoms with Crippen molar-refractivity contribution in [1.82, 2.24) is 5.32 Å². The molecule has 184 valence electrons. The molecule has 6 heteroatoms. The predicted molar refractivity (Wildman–Crippen MR) is 139 cm³/mol. The van der Waals surface area contributed by atoms with Crippen LogP contribution >= 0.6 is 11.3 Å². The van der Waals surface area contributed by atoms with Crippen LogP contribution in [-0.2, 0) is 16.0 Å². The number of ketones is 1. The van der Waals surface area contributed by atoms with Gasteiger partial charge in [0.1, 0.15) is 5.78 Å². The summed E-state index contributed by atoms with van der Waals surface area (Å²) in [4.78, 5) is 25.7. The van der Waals surface area contributed by atoms with Crippen molar-refractivity contribution < 1.29 is 19.8 Å². The first-order valence-corrected chi connectivity index (χ1v) is 13.0. The lowest BCUT2D eigenvalue weighted by Crippen LogP contribution is -2.31. The number of carbonyl (C=O) groups excluding carboxylic acids is 2. The van der Waals surface area contributed by atoms with E-state index in [4.69, 9.17) is 0 Å². The molecule has 4 atom stereocenters. The minimum atomic E-state index is -0.817. The number of amides is 1. The summed E-state index contributed by atoms with van der Waals surface area (Å²) in [6, 6.07) is 10.3. The molecule has 2 aromatic rings. The van der Waals surface area contributed by atoms with Gasteiger partial charge in [-0.2, -0.15) is 0 Å². The molecule has 3 rings (SSSR count). The maximum Gasteiger partial charge on any atom is 0.219 e. The lowest BCUT2D eigenvalue weighted by atomic mass is 9.86. The molecule has 3 N–H and O–H groups in total. The summed E-state index contributed by atoms with van der Waals surface area (Å²) in [6.07, 6.45) is 9.20. The van der Waals surface area contributed by atoms with E-state index in [9.17, 15) is 19.8 Å². The fourth-order valence-corrected chi connectivity index (χ4v) is 5.81. The van der Waals surface area contributed by atoms with Crippen LogP contribution in [-0.4, -0.2) is 40.7 Å². The van der Waals surface area contributed by atoms with E-state index in [2.05, 4.69) is 23.5 Å². The zero-order chi connectivity index (χ0) is 24.7. The van der Waals surface area contributed by atoms with Gasteiger partial charge in [-0.15, -0.1) is 11.3 Å². The van der Waals surface area contributed by atoms with Gasteiger partial charge in [-0.1, -0.05) is 56.4 Å². The van der Waals surface area contributed by atoms with Crippen molar-refractivity contribution in [3.8, 4) is 0 Å². The fraction of sp³-hybridized carbons (Fsp3) is 0.500. The van der Waals surface area contributed by atoms with Gasteiger partial charge in [0.05, 0.1) is 17.6 Å². The molecule has 1 unspecified atom stereocenters. The van der Waals surface area contributed by atoms with Crippen molar-refractivity contribution in [2.75, 3.05) is 6.54 Å². The van der Waals surface area contributed by atoms with E-state index in [-0.39, 0.29) is 23.5 Å². The van der Waals surface area contributed by atoms with Crippen LogP contribution in [0.3, 0.4) is 0 Å². The van der Waals surface area contributed by atoms with Crippen molar-refractivity contribution in [3.63, 3.8) is 0 Å². The normalized spacial score (nSPS) is 23.3. The van der Waals surface area contributed by atoms with Gasteiger partial charge in [0.2, 0.25) is 5.91 Å². The molecule has 1 saturated carbocycles. The Morgan fingerprint density at radius 3 is 2.76 bits per heavy atom. The summed E-state index contributed by atoms with van der Waals surface area (Å²) in [5.74, 6) is -0.538. The molecule has 1 aromatic heterocycles. The van der Waals surface area contributed by atoms with E-state index in [1.54, 1.807) is 31.3 Å². The molecule has 1 aliphatic rings. The Bertz CT molecular complexity index is 1000. The van der Waals surface area contributed by atoms with Crippen molar-refractivity contribution >= 4 is 33.1 Å². The number of hydrogen-bond acceptors (Lipinski definition) is 5. The number of Topliss-reactive ketones (excluding diaryl/α,β-unsaturated/α-hetero) is 1. The molecular weight excluding hydrogens is 446 g/mol. The van der Waals surface area contributed by atoms with Crippen LogP contribution in [0.25, 0.3) is 10.1 Å². The van der Waals surface area contributed by atoms with Gasteiger partial charge in [0.15, 0.2) is 0 Å². The number of unbranched alkanes of at least 4 members (excludes halogenated alkanes) is 1. The summed E-state index contributed by atoms with van der Waals surface area (Å²) < 4.78 is 1.20. The Balaban J connectivity index is 1.59. The van der Waals surface area contributed by atoms with Crippen LogP contribution < -0.4 is 5.32 Å². The van der Waals surface area contributed by atoms with Gasteiger partial charge in [0, 0.05) is 40.8 Å². The summed E-state index contributed by atoms with van der Waals surface area (Å²) in [6.45, 7) is 6.14.